The van der Waals surface area contributed by atoms with Crippen LogP contribution in [0.4, 0.5) is 33.3 Å². The van der Waals surface area contributed by atoms with E-state index in [1.165, 1.54) is 20.3 Å². The number of nitrogens with one attached hydrogen (secondary N) is 1. The molecule has 0 heterocycles. The number of benzene rings is 3. The maximum Gasteiger partial charge on any atom is 0.416 e. The van der Waals surface area contributed by atoms with Crippen molar-refractivity contribution in [1.29, 1.82) is 0 Å². The van der Waals surface area contributed by atoms with E-state index < -0.39 is 56.4 Å². The fourth-order valence-electron chi connectivity index (χ4n) is 3.16. The maximum atomic E-state index is 13.5. The number of methoxy groups -OCH3 is 2. The van der Waals surface area contributed by atoms with Gasteiger partial charge in [0.25, 0.3) is 10.0 Å². The van der Waals surface area contributed by atoms with Crippen molar-refractivity contribution in [3.63, 3.8) is 0 Å². The van der Waals surface area contributed by atoms with Gasteiger partial charge in [0.05, 0.1) is 30.4 Å². The number of alkyl halides is 3. The Labute approximate surface area is 203 Å². The van der Waals surface area contributed by atoms with Gasteiger partial charge in [-0.3, -0.25) is 9.10 Å². The van der Waals surface area contributed by atoms with Crippen LogP contribution in [0.15, 0.2) is 65.6 Å². The lowest BCUT2D eigenvalue weighted by Gasteiger charge is -2.25. The number of amides is 1. The van der Waals surface area contributed by atoms with E-state index in [1.807, 2.05) is 0 Å². The summed E-state index contributed by atoms with van der Waals surface area (Å²) in [6, 6.07) is 9.33. The number of sulfonamides is 1. The third kappa shape index (κ3) is 5.85. The first-order valence-electron chi connectivity index (χ1n) is 10.0. The molecule has 0 spiro atoms. The molecule has 0 saturated heterocycles. The Hall–Kier alpha value is -3.87. The van der Waals surface area contributed by atoms with Gasteiger partial charge in [-0.25, -0.2) is 17.2 Å². The molecule has 0 unspecified atom stereocenters. The summed E-state index contributed by atoms with van der Waals surface area (Å²) >= 11 is 0. The molecule has 0 saturated carbocycles. The van der Waals surface area contributed by atoms with Crippen molar-refractivity contribution >= 4 is 27.3 Å². The highest BCUT2D eigenvalue weighted by molar-refractivity contribution is 7.92. The summed E-state index contributed by atoms with van der Waals surface area (Å²) in [5.74, 6) is -3.25. The van der Waals surface area contributed by atoms with Crippen LogP contribution in [-0.2, 0) is 21.0 Å². The molecule has 0 radical (unpaired) electrons. The Balaban J connectivity index is 2.06. The molecule has 0 fully saturated rings. The van der Waals surface area contributed by atoms with Crippen molar-refractivity contribution in [2.45, 2.75) is 11.1 Å². The van der Waals surface area contributed by atoms with E-state index in [-0.39, 0.29) is 17.2 Å². The van der Waals surface area contributed by atoms with Crippen molar-refractivity contribution in [2.75, 3.05) is 30.4 Å². The summed E-state index contributed by atoms with van der Waals surface area (Å²) in [5, 5.41) is 2.20. The first kappa shape index (κ1) is 26.7. The van der Waals surface area contributed by atoms with Crippen molar-refractivity contribution in [1.82, 2.24) is 0 Å². The monoisotopic (exact) mass is 530 g/mol. The van der Waals surface area contributed by atoms with Crippen LogP contribution in [0.1, 0.15) is 5.56 Å². The Kier molecular flexibility index (Phi) is 7.72. The second kappa shape index (κ2) is 10.4. The average Bonchev–Trinajstić information content (AvgIpc) is 2.83. The van der Waals surface area contributed by atoms with Crippen LogP contribution in [0.3, 0.4) is 0 Å². The number of carbonyl (C=O) groups excluding carboxylic acids is 1. The van der Waals surface area contributed by atoms with Gasteiger partial charge in [0, 0.05) is 17.8 Å². The highest BCUT2D eigenvalue weighted by Gasteiger charge is 2.33. The normalized spacial score (nSPS) is 11.6. The van der Waals surface area contributed by atoms with E-state index in [9.17, 15) is 35.2 Å². The number of carbonyl (C=O) groups is 1. The summed E-state index contributed by atoms with van der Waals surface area (Å²) in [4.78, 5) is 12.3. The molecule has 192 valence electrons. The summed E-state index contributed by atoms with van der Waals surface area (Å²) in [5.41, 5.74) is -1.79. The van der Waals surface area contributed by atoms with Crippen LogP contribution in [0.25, 0.3) is 0 Å². The number of nitrogens with zero attached hydrogens (tertiary/aromatic N) is 1. The molecular weight excluding hydrogens is 511 g/mol. The zero-order valence-electron chi connectivity index (χ0n) is 18.8. The minimum atomic E-state index is -4.79. The fraction of sp³-hybridized carbons (Fsp3) is 0.174. The average molecular weight is 530 g/mol. The smallest absolute Gasteiger partial charge is 0.416 e. The number of halogens is 5. The molecule has 3 rings (SSSR count). The standard InChI is InChI=1S/C23H19F5N2O5S/c1-34-20-9-7-17(12-21(20)35-2)36(32,33)30(16-5-3-4-14(10-16)23(26,27)28)13-22(31)29-15-6-8-18(24)19(25)11-15/h3-12H,13H2,1-2H3,(H,29,31). The van der Waals surface area contributed by atoms with Gasteiger partial charge in [0.15, 0.2) is 23.1 Å². The van der Waals surface area contributed by atoms with Crippen molar-refractivity contribution in [3.05, 3.63) is 77.9 Å². The largest absolute Gasteiger partial charge is 0.493 e. The molecule has 36 heavy (non-hydrogen) atoms. The van der Waals surface area contributed by atoms with E-state index in [0.29, 0.717) is 16.4 Å². The van der Waals surface area contributed by atoms with Gasteiger partial charge in [-0.05, 0) is 42.5 Å². The quantitative estimate of drug-likeness (QED) is 0.422. The molecule has 0 aliphatic rings. The molecule has 0 bridgehead atoms. The number of ether oxygens (including phenoxy) is 2. The van der Waals surface area contributed by atoms with Crippen LogP contribution in [-0.4, -0.2) is 35.1 Å². The molecule has 0 aliphatic carbocycles. The van der Waals surface area contributed by atoms with Gasteiger partial charge in [0.2, 0.25) is 5.91 Å². The Morgan fingerprint density at radius 3 is 2.22 bits per heavy atom. The van der Waals surface area contributed by atoms with Crippen LogP contribution in [0.5, 0.6) is 11.5 Å². The topological polar surface area (TPSA) is 84.9 Å². The Morgan fingerprint density at radius 1 is 0.917 bits per heavy atom. The third-order valence-corrected chi connectivity index (χ3v) is 6.66. The van der Waals surface area contributed by atoms with Crippen molar-refractivity contribution in [3.8, 4) is 11.5 Å². The number of hydrogen-bond acceptors (Lipinski definition) is 5. The van der Waals surface area contributed by atoms with Crippen molar-refractivity contribution < 1.29 is 44.6 Å². The molecule has 1 N–H and O–H groups in total. The molecule has 3 aromatic rings. The second-order valence-electron chi connectivity index (χ2n) is 7.25. The van der Waals surface area contributed by atoms with Gasteiger partial charge in [-0.15, -0.1) is 0 Å². The van der Waals surface area contributed by atoms with E-state index in [2.05, 4.69) is 5.32 Å². The van der Waals surface area contributed by atoms with Gasteiger partial charge in [-0.2, -0.15) is 13.2 Å². The first-order chi connectivity index (χ1) is 16.9. The zero-order valence-corrected chi connectivity index (χ0v) is 19.6. The molecular formula is C23H19F5N2O5S. The lowest BCUT2D eigenvalue weighted by atomic mass is 10.2. The van der Waals surface area contributed by atoms with Crippen LogP contribution in [0.2, 0.25) is 0 Å². The van der Waals surface area contributed by atoms with E-state index >= 15 is 0 Å². The zero-order chi connectivity index (χ0) is 26.7. The molecule has 0 atom stereocenters. The van der Waals surface area contributed by atoms with Gasteiger partial charge < -0.3 is 14.8 Å². The SMILES string of the molecule is COc1ccc(S(=O)(=O)N(CC(=O)Nc2ccc(F)c(F)c2)c2cccc(C(F)(F)F)c2)cc1OC. The molecule has 0 aromatic heterocycles. The van der Waals surface area contributed by atoms with Crippen LogP contribution in [0, 0.1) is 11.6 Å². The minimum Gasteiger partial charge on any atom is -0.493 e. The van der Waals surface area contributed by atoms with E-state index in [0.717, 1.165) is 42.5 Å². The van der Waals surface area contributed by atoms with Gasteiger partial charge in [-0.1, -0.05) is 6.07 Å². The lowest BCUT2D eigenvalue weighted by Crippen LogP contribution is -2.38. The Morgan fingerprint density at radius 2 is 1.61 bits per heavy atom. The number of hydrogen-bond donors (Lipinski definition) is 1. The predicted octanol–water partition coefficient (Wildman–Crippen LogP) is 4.83. The first-order valence-corrected chi connectivity index (χ1v) is 11.5. The summed E-state index contributed by atoms with van der Waals surface area (Å²) in [7, 11) is -2.06. The van der Waals surface area contributed by atoms with Gasteiger partial charge >= 0.3 is 6.18 Å². The lowest BCUT2D eigenvalue weighted by molar-refractivity contribution is -0.137. The molecule has 1 amide bonds. The van der Waals surface area contributed by atoms with Crippen molar-refractivity contribution in [2.24, 2.45) is 0 Å². The Bertz CT molecular complexity index is 1380. The fourth-order valence-corrected chi connectivity index (χ4v) is 4.59. The minimum absolute atomic E-state index is 0.0220. The molecule has 0 aliphatic heterocycles. The number of rotatable bonds is 8. The number of anilines is 2. The van der Waals surface area contributed by atoms with Gasteiger partial charge in [0.1, 0.15) is 6.54 Å². The summed E-state index contributed by atoms with van der Waals surface area (Å²) in [6.07, 6.45) is -4.79. The highest BCUT2D eigenvalue weighted by atomic mass is 32.2. The third-order valence-electron chi connectivity index (χ3n) is 4.90. The highest BCUT2D eigenvalue weighted by Crippen LogP contribution is 2.35. The van der Waals surface area contributed by atoms with E-state index in [4.69, 9.17) is 9.47 Å². The van der Waals surface area contributed by atoms with Crippen LogP contribution >= 0.6 is 0 Å². The second-order valence-corrected chi connectivity index (χ2v) is 9.12. The summed E-state index contributed by atoms with van der Waals surface area (Å²) in [6.45, 7) is -0.989. The molecule has 13 heteroatoms. The van der Waals surface area contributed by atoms with E-state index in [1.54, 1.807) is 0 Å². The van der Waals surface area contributed by atoms with Crippen LogP contribution < -0.4 is 19.1 Å². The summed E-state index contributed by atoms with van der Waals surface area (Å²) < 4.78 is 104. The maximum absolute atomic E-state index is 13.5. The molecule has 7 nitrogen and oxygen atoms in total. The predicted molar refractivity (Wildman–Crippen MR) is 121 cm³/mol. The molecule has 3 aromatic carbocycles.